The van der Waals surface area contributed by atoms with Gasteiger partial charge in [0.15, 0.2) is 0 Å². The van der Waals surface area contributed by atoms with Crippen LogP contribution in [0.3, 0.4) is 0 Å². The number of hydrogen-bond donors (Lipinski definition) is 1. The second-order valence-corrected chi connectivity index (χ2v) is 4.36. The molecule has 2 nitrogen and oxygen atoms in total. The highest BCUT2D eigenvalue weighted by atomic mass is 19.1. The van der Waals surface area contributed by atoms with Gasteiger partial charge in [0.05, 0.1) is 6.67 Å². The summed E-state index contributed by atoms with van der Waals surface area (Å²) in [6, 6.07) is 10.6. The van der Waals surface area contributed by atoms with Crippen LogP contribution in [0.5, 0.6) is 0 Å². The number of hydrogen-bond acceptors (Lipinski definition) is 2. The lowest BCUT2D eigenvalue weighted by Crippen LogP contribution is -2.47. The van der Waals surface area contributed by atoms with Crippen molar-refractivity contribution < 1.29 is 9.50 Å². The van der Waals surface area contributed by atoms with Crippen molar-refractivity contribution in [2.24, 2.45) is 5.92 Å². The summed E-state index contributed by atoms with van der Waals surface area (Å²) in [6.45, 7) is 3.05. The molecule has 1 aliphatic rings. The summed E-state index contributed by atoms with van der Waals surface area (Å²) in [7, 11) is 1.00. The third kappa shape index (κ3) is 4.84. The molecule has 0 aromatic heterocycles. The molecular formula is C14H22FNO. The third-order valence-corrected chi connectivity index (χ3v) is 3.01. The Labute approximate surface area is 103 Å². The summed E-state index contributed by atoms with van der Waals surface area (Å²) in [5, 5.41) is 7.00. The molecule has 2 rings (SSSR count). The van der Waals surface area contributed by atoms with Gasteiger partial charge < -0.3 is 10.0 Å². The Morgan fingerprint density at radius 3 is 2.47 bits per heavy atom. The molecule has 1 heterocycles. The van der Waals surface area contributed by atoms with Gasteiger partial charge in [-0.15, -0.1) is 0 Å². The molecule has 0 bridgehead atoms. The Morgan fingerprint density at radius 2 is 1.88 bits per heavy atom. The van der Waals surface area contributed by atoms with Gasteiger partial charge in [-0.2, -0.15) is 0 Å². The van der Waals surface area contributed by atoms with Crippen LogP contribution in [0.25, 0.3) is 0 Å². The van der Waals surface area contributed by atoms with E-state index in [1.165, 1.54) is 12.0 Å². The zero-order valence-corrected chi connectivity index (χ0v) is 10.5. The molecular weight excluding hydrogens is 217 g/mol. The van der Waals surface area contributed by atoms with Crippen molar-refractivity contribution >= 4 is 0 Å². The SMILES string of the molecule is CO.FCCCN1CC(Cc2ccccc2)C1. The van der Waals surface area contributed by atoms with Gasteiger partial charge in [-0.3, -0.25) is 4.39 Å². The fourth-order valence-corrected chi connectivity index (χ4v) is 2.22. The largest absolute Gasteiger partial charge is 0.400 e. The summed E-state index contributed by atoms with van der Waals surface area (Å²) in [5.74, 6) is 0.784. The third-order valence-electron chi connectivity index (χ3n) is 3.01. The van der Waals surface area contributed by atoms with E-state index in [0.717, 1.165) is 32.7 Å². The molecule has 0 aliphatic carbocycles. The molecule has 1 aliphatic heterocycles. The van der Waals surface area contributed by atoms with E-state index in [1.807, 2.05) is 0 Å². The lowest BCUT2D eigenvalue weighted by Gasteiger charge is -2.39. The van der Waals surface area contributed by atoms with Crippen molar-refractivity contribution in [3.8, 4) is 0 Å². The molecule has 0 atom stereocenters. The molecule has 1 aromatic rings. The second kappa shape index (κ2) is 8.20. The Bertz CT molecular complexity index is 286. The minimum atomic E-state index is -0.181. The van der Waals surface area contributed by atoms with E-state index >= 15 is 0 Å². The maximum Gasteiger partial charge on any atom is 0.0906 e. The average molecular weight is 239 g/mol. The van der Waals surface area contributed by atoms with Crippen LogP contribution in [0.2, 0.25) is 0 Å². The molecule has 1 N–H and O–H groups in total. The van der Waals surface area contributed by atoms with Gasteiger partial charge in [0.1, 0.15) is 0 Å². The predicted octanol–water partition coefficient (Wildman–Crippen LogP) is 2.13. The number of halogens is 1. The van der Waals surface area contributed by atoms with Crippen LogP contribution in [0.1, 0.15) is 12.0 Å². The molecule has 1 aromatic carbocycles. The van der Waals surface area contributed by atoms with Crippen molar-refractivity contribution in [1.82, 2.24) is 4.90 Å². The van der Waals surface area contributed by atoms with Crippen molar-refractivity contribution in [3.05, 3.63) is 35.9 Å². The van der Waals surface area contributed by atoms with Crippen LogP contribution in [-0.2, 0) is 6.42 Å². The Hall–Kier alpha value is -0.930. The summed E-state index contributed by atoms with van der Waals surface area (Å²) in [4.78, 5) is 2.34. The number of aliphatic hydroxyl groups excluding tert-OH is 1. The van der Waals surface area contributed by atoms with Crippen LogP contribution in [0.15, 0.2) is 30.3 Å². The van der Waals surface area contributed by atoms with Gasteiger partial charge in [-0.05, 0) is 24.3 Å². The Kier molecular flexibility index (Phi) is 6.82. The molecule has 96 valence electrons. The summed E-state index contributed by atoms with van der Waals surface area (Å²) < 4.78 is 11.9. The van der Waals surface area contributed by atoms with Gasteiger partial charge in [-0.1, -0.05) is 30.3 Å². The van der Waals surface area contributed by atoms with E-state index in [1.54, 1.807) is 0 Å². The van der Waals surface area contributed by atoms with E-state index in [9.17, 15) is 4.39 Å². The molecule has 1 fully saturated rings. The van der Waals surface area contributed by atoms with Crippen molar-refractivity contribution in [2.75, 3.05) is 33.4 Å². The molecule has 1 saturated heterocycles. The highest BCUT2D eigenvalue weighted by Crippen LogP contribution is 2.20. The Morgan fingerprint density at radius 1 is 1.24 bits per heavy atom. The van der Waals surface area contributed by atoms with Crippen LogP contribution in [-0.4, -0.2) is 43.4 Å². The van der Waals surface area contributed by atoms with E-state index in [2.05, 4.69) is 35.2 Å². The van der Waals surface area contributed by atoms with Crippen LogP contribution >= 0.6 is 0 Å². The quantitative estimate of drug-likeness (QED) is 0.851. The lowest BCUT2D eigenvalue weighted by molar-refractivity contribution is 0.0968. The normalized spacial score (nSPS) is 15.9. The molecule has 3 heteroatoms. The minimum Gasteiger partial charge on any atom is -0.400 e. The van der Waals surface area contributed by atoms with Gasteiger partial charge in [-0.25, -0.2) is 0 Å². The van der Waals surface area contributed by atoms with Crippen molar-refractivity contribution in [2.45, 2.75) is 12.8 Å². The minimum absolute atomic E-state index is 0.181. The molecule has 0 spiro atoms. The Balaban J connectivity index is 0.000000686. The van der Waals surface area contributed by atoms with E-state index in [-0.39, 0.29) is 6.67 Å². The van der Waals surface area contributed by atoms with E-state index in [4.69, 9.17) is 5.11 Å². The zero-order chi connectivity index (χ0) is 12.5. The fraction of sp³-hybridized carbons (Fsp3) is 0.571. The lowest BCUT2D eigenvalue weighted by atomic mass is 9.92. The van der Waals surface area contributed by atoms with E-state index in [0.29, 0.717) is 6.42 Å². The second-order valence-electron chi connectivity index (χ2n) is 4.36. The van der Waals surface area contributed by atoms with Gasteiger partial charge >= 0.3 is 0 Å². The number of nitrogens with zero attached hydrogens (tertiary/aromatic N) is 1. The fourth-order valence-electron chi connectivity index (χ4n) is 2.22. The number of likely N-dealkylation sites (tertiary alicyclic amines) is 1. The number of benzene rings is 1. The van der Waals surface area contributed by atoms with Gasteiger partial charge in [0, 0.05) is 26.7 Å². The first kappa shape index (κ1) is 14.1. The topological polar surface area (TPSA) is 23.5 Å². The number of alkyl halides is 1. The van der Waals surface area contributed by atoms with Crippen LogP contribution in [0.4, 0.5) is 4.39 Å². The zero-order valence-electron chi connectivity index (χ0n) is 10.5. The van der Waals surface area contributed by atoms with Crippen molar-refractivity contribution in [3.63, 3.8) is 0 Å². The van der Waals surface area contributed by atoms with Gasteiger partial charge in [0.2, 0.25) is 0 Å². The predicted molar refractivity (Wildman–Crippen MR) is 68.8 cm³/mol. The molecule has 17 heavy (non-hydrogen) atoms. The highest BCUT2D eigenvalue weighted by molar-refractivity contribution is 5.15. The number of aliphatic hydroxyl groups is 1. The molecule has 0 radical (unpaired) electrons. The van der Waals surface area contributed by atoms with E-state index < -0.39 is 0 Å². The molecule has 0 unspecified atom stereocenters. The first-order valence-electron chi connectivity index (χ1n) is 6.15. The highest BCUT2D eigenvalue weighted by Gasteiger charge is 2.25. The summed E-state index contributed by atoms with van der Waals surface area (Å²) in [6.07, 6.45) is 1.87. The monoisotopic (exact) mass is 239 g/mol. The smallest absolute Gasteiger partial charge is 0.0906 e. The molecule has 0 amide bonds. The van der Waals surface area contributed by atoms with Gasteiger partial charge in [0.25, 0.3) is 0 Å². The first-order chi connectivity index (χ1) is 8.38. The molecule has 0 saturated carbocycles. The van der Waals surface area contributed by atoms with Crippen molar-refractivity contribution in [1.29, 1.82) is 0 Å². The van der Waals surface area contributed by atoms with Crippen LogP contribution in [0, 0.1) is 5.92 Å². The standard InChI is InChI=1S/C13H18FN.CH4O/c14-7-4-8-15-10-13(11-15)9-12-5-2-1-3-6-12;1-2/h1-3,5-6,13H,4,7-11H2;2H,1H3. The summed E-state index contributed by atoms with van der Waals surface area (Å²) in [5.41, 5.74) is 1.42. The summed E-state index contributed by atoms with van der Waals surface area (Å²) >= 11 is 0. The maximum atomic E-state index is 11.9. The first-order valence-corrected chi connectivity index (χ1v) is 6.15. The number of rotatable bonds is 5. The average Bonchev–Trinajstić information content (AvgIpc) is 2.36. The van der Waals surface area contributed by atoms with Crippen LogP contribution < -0.4 is 0 Å². The maximum absolute atomic E-state index is 11.9.